The van der Waals surface area contributed by atoms with Crippen LogP contribution < -0.4 is 5.32 Å². The van der Waals surface area contributed by atoms with Gasteiger partial charge < -0.3 is 5.32 Å². The van der Waals surface area contributed by atoms with Crippen molar-refractivity contribution >= 4 is 9.84 Å². The lowest BCUT2D eigenvalue weighted by Crippen LogP contribution is -2.35. The number of hydrogen-bond acceptors (Lipinski definition) is 3. The van der Waals surface area contributed by atoms with Crippen LogP contribution in [0.5, 0.6) is 0 Å². The van der Waals surface area contributed by atoms with E-state index in [1.54, 1.807) is 6.92 Å². The summed E-state index contributed by atoms with van der Waals surface area (Å²) in [6, 6.07) is 0. The van der Waals surface area contributed by atoms with Gasteiger partial charge in [-0.3, -0.25) is 0 Å². The van der Waals surface area contributed by atoms with Crippen molar-refractivity contribution in [2.75, 3.05) is 24.6 Å². The lowest BCUT2D eigenvalue weighted by Gasteiger charge is -2.31. The Morgan fingerprint density at radius 1 is 1.24 bits per heavy atom. The first kappa shape index (κ1) is 13.3. The van der Waals surface area contributed by atoms with Crippen molar-refractivity contribution in [1.82, 2.24) is 5.32 Å². The molecular weight excluding hydrogens is 234 g/mol. The number of fused-ring (bicyclic) bond motifs is 1. The van der Waals surface area contributed by atoms with Gasteiger partial charge in [-0.05, 0) is 49.5 Å². The fourth-order valence-electron chi connectivity index (χ4n) is 3.35. The quantitative estimate of drug-likeness (QED) is 0.759. The summed E-state index contributed by atoms with van der Waals surface area (Å²) in [7, 11) is -2.80. The molecule has 0 aliphatic heterocycles. The molecule has 0 amide bonds. The van der Waals surface area contributed by atoms with Crippen LogP contribution in [0.15, 0.2) is 0 Å². The summed E-state index contributed by atoms with van der Waals surface area (Å²) in [6.07, 6.45) is 4.77. The molecule has 2 aliphatic carbocycles. The highest BCUT2D eigenvalue weighted by molar-refractivity contribution is 7.91. The monoisotopic (exact) mass is 259 g/mol. The molecule has 2 atom stereocenters. The summed E-state index contributed by atoms with van der Waals surface area (Å²) in [5.74, 6) is 2.50. The summed E-state index contributed by atoms with van der Waals surface area (Å²) < 4.78 is 23.3. The van der Waals surface area contributed by atoms with E-state index >= 15 is 0 Å². The zero-order chi connectivity index (χ0) is 12.5. The van der Waals surface area contributed by atoms with Crippen molar-refractivity contribution in [2.24, 2.45) is 17.3 Å². The number of sulfone groups is 1. The van der Waals surface area contributed by atoms with Crippen LogP contribution >= 0.6 is 0 Å². The first-order valence-electron chi connectivity index (χ1n) is 6.91. The Bertz CT molecular complexity index is 354. The smallest absolute Gasteiger partial charge is 0.150 e. The molecule has 0 heterocycles. The summed E-state index contributed by atoms with van der Waals surface area (Å²) in [4.78, 5) is 0. The second kappa shape index (κ2) is 4.88. The maximum absolute atomic E-state index is 11.6. The summed E-state index contributed by atoms with van der Waals surface area (Å²) in [5, 5.41) is 3.43. The van der Waals surface area contributed by atoms with Crippen LogP contribution in [-0.2, 0) is 9.84 Å². The highest BCUT2D eigenvalue weighted by atomic mass is 32.2. The summed E-state index contributed by atoms with van der Waals surface area (Å²) in [6.45, 7) is 5.86. The van der Waals surface area contributed by atoms with Crippen LogP contribution in [0.4, 0.5) is 0 Å². The van der Waals surface area contributed by atoms with Gasteiger partial charge in [0.05, 0.1) is 5.75 Å². The molecule has 4 heteroatoms. The Balaban J connectivity index is 1.92. The Hall–Kier alpha value is -0.0900. The van der Waals surface area contributed by atoms with Crippen LogP contribution in [-0.4, -0.2) is 33.0 Å². The van der Waals surface area contributed by atoms with E-state index in [0.717, 1.165) is 31.3 Å². The molecule has 0 aromatic carbocycles. The zero-order valence-corrected chi connectivity index (χ0v) is 11.9. The summed E-state index contributed by atoms with van der Waals surface area (Å²) in [5.41, 5.74) is 0.284. The van der Waals surface area contributed by atoms with Crippen LogP contribution in [0.3, 0.4) is 0 Å². The van der Waals surface area contributed by atoms with Crippen molar-refractivity contribution in [1.29, 1.82) is 0 Å². The second-order valence-electron chi connectivity index (χ2n) is 5.93. The number of nitrogens with one attached hydrogen (secondary N) is 1. The van der Waals surface area contributed by atoms with Crippen LogP contribution in [0.1, 0.15) is 39.5 Å². The topological polar surface area (TPSA) is 46.2 Å². The van der Waals surface area contributed by atoms with E-state index in [-0.39, 0.29) is 11.2 Å². The molecule has 0 saturated heterocycles. The number of hydrogen-bond donors (Lipinski definition) is 1. The van der Waals surface area contributed by atoms with E-state index in [4.69, 9.17) is 0 Å². The average Bonchev–Trinajstić information content (AvgIpc) is 2.93. The second-order valence-corrected chi connectivity index (χ2v) is 8.40. The Kier molecular flexibility index (Phi) is 3.83. The van der Waals surface area contributed by atoms with Gasteiger partial charge in [-0.25, -0.2) is 8.42 Å². The van der Waals surface area contributed by atoms with Crippen molar-refractivity contribution in [3.05, 3.63) is 0 Å². The maximum atomic E-state index is 11.6. The van der Waals surface area contributed by atoms with Crippen LogP contribution in [0.2, 0.25) is 0 Å². The molecule has 0 aromatic rings. The third kappa shape index (κ3) is 3.22. The molecule has 2 unspecified atom stereocenters. The summed E-state index contributed by atoms with van der Waals surface area (Å²) >= 11 is 0. The van der Waals surface area contributed by atoms with Gasteiger partial charge in [0, 0.05) is 12.3 Å². The molecular formula is C13H25NO2S. The molecule has 17 heavy (non-hydrogen) atoms. The standard InChI is InChI=1S/C13H25NO2S/c1-3-14-10-13(5-6-17(15,16)4-2)8-11-7-12(11)9-13/h11-12,14H,3-10H2,1-2H3. The first-order chi connectivity index (χ1) is 8.00. The van der Waals surface area contributed by atoms with E-state index in [1.165, 1.54) is 19.3 Å². The largest absolute Gasteiger partial charge is 0.316 e. The Morgan fingerprint density at radius 2 is 1.88 bits per heavy atom. The van der Waals surface area contributed by atoms with Crippen LogP contribution in [0.25, 0.3) is 0 Å². The van der Waals surface area contributed by atoms with E-state index in [2.05, 4.69) is 12.2 Å². The van der Waals surface area contributed by atoms with E-state index in [1.807, 2.05) is 0 Å². The minimum atomic E-state index is -2.80. The molecule has 1 N–H and O–H groups in total. The van der Waals surface area contributed by atoms with Gasteiger partial charge in [0.15, 0.2) is 0 Å². The van der Waals surface area contributed by atoms with Crippen molar-refractivity contribution in [2.45, 2.75) is 39.5 Å². The van der Waals surface area contributed by atoms with Gasteiger partial charge in [0.2, 0.25) is 0 Å². The highest BCUT2D eigenvalue weighted by Gasteiger charge is 2.53. The molecule has 2 rings (SSSR count). The first-order valence-corrected chi connectivity index (χ1v) is 8.73. The highest BCUT2D eigenvalue weighted by Crippen LogP contribution is 2.60. The van der Waals surface area contributed by atoms with Crippen molar-refractivity contribution in [3.63, 3.8) is 0 Å². The Labute approximate surface area is 105 Å². The lowest BCUT2D eigenvalue weighted by atomic mass is 9.80. The minimum Gasteiger partial charge on any atom is -0.316 e. The third-order valence-corrected chi connectivity index (χ3v) is 6.30. The zero-order valence-electron chi connectivity index (χ0n) is 11.0. The molecule has 0 spiro atoms. The predicted octanol–water partition coefficient (Wildman–Crippen LogP) is 1.84. The van der Waals surface area contributed by atoms with Gasteiger partial charge >= 0.3 is 0 Å². The molecule has 0 radical (unpaired) electrons. The normalized spacial score (nSPS) is 35.9. The minimum absolute atomic E-state index is 0.284. The predicted molar refractivity (Wildman–Crippen MR) is 70.8 cm³/mol. The van der Waals surface area contributed by atoms with Gasteiger partial charge in [0.1, 0.15) is 9.84 Å². The van der Waals surface area contributed by atoms with E-state index < -0.39 is 9.84 Å². The van der Waals surface area contributed by atoms with Crippen molar-refractivity contribution < 1.29 is 8.42 Å². The Morgan fingerprint density at radius 3 is 2.41 bits per heavy atom. The molecule has 0 bridgehead atoms. The average molecular weight is 259 g/mol. The number of rotatable bonds is 7. The molecule has 3 nitrogen and oxygen atoms in total. The molecule has 2 fully saturated rings. The molecule has 100 valence electrons. The van der Waals surface area contributed by atoms with Crippen LogP contribution in [0, 0.1) is 17.3 Å². The van der Waals surface area contributed by atoms with Gasteiger partial charge in [-0.2, -0.15) is 0 Å². The van der Waals surface area contributed by atoms with Crippen molar-refractivity contribution in [3.8, 4) is 0 Å². The molecule has 0 aromatic heterocycles. The fraction of sp³-hybridized carbons (Fsp3) is 1.00. The third-order valence-electron chi connectivity index (χ3n) is 4.59. The maximum Gasteiger partial charge on any atom is 0.150 e. The van der Waals surface area contributed by atoms with Gasteiger partial charge in [-0.1, -0.05) is 13.8 Å². The van der Waals surface area contributed by atoms with Gasteiger partial charge in [0.25, 0.3) is 0 Å². The van der Waals surface area contributed by atoms with E-state index in [0.29, 0.717) is 5.75 Å². The van der Waals surface area contributed by atoms with E-state index in [9.17, 15) is 8.42 Å². The lowest BCUT2D eigenvalue weighted by molar-refractivity contribution is 0.243. The molecule has 2 aliphatic rings. The SMILES string of the molecule is CCNCC1(CCS(=O)(=O)CC)CC2CC2C1. The fourth-order valence-corrected chi connectivity index (χ4v) is 4.38. The van der Waals surface area contributed by atoms with Gasteiger partial charge in [-0.15, -0.1) is 0 Å². The molecule has 2 saturated carbocycles.